The smallest absolute Gasteiger partial charge is 0.255 e. The van der Waals surface area contributed by atoms with Gasteiger partial charge in [-0.1, -0.05) is 36.4 Å². The zero-order valence-corrected chi connectivity index (χ0v) is 18.0. The number of phenols is 1. The summed E-state index contributed by atoms with van der Waals surface area (Å²) in [6.45, 7) is 0.749. The van der Waals surface area contributed by atoms with E-state index in [2.05, 4.69) is 10.3 Å². The number of benzene rings is 2. The molecule has 3 aromatic rings. The Labute approximate surface area is 188 Å². The van der Waals surface area contributed by atoms with Crippen molar-refractivity contribution in [2.45, 2.75) is 38.3 Å². The van der Waals surface area contributed by atoms with Crippen LogP contribution >= 0.6 is 11.3 Å². The van der Waals surface area contributed by atoms with Gasteiger partial charge < -0.3 is 25.5 Å². The molecule has 4 rings (SSSR count). The maximum absolute atomic E-state index is 12.5. The molecule has 1 aliphatic heterocycles. The van der Waals surface area contributed by atoms with Crippen LogP contribution in [0.2, 0.25) is 0 Å². The SMILES string of the molecule is O=C(NCc1ncc(Cc2ccc(O)cc2)s1)[C@H](O)[C@@H](O)C(=O)N1Cc2ccccc2C1. The fourth-order valence-electron chi connectivity index (χ4n) is 3.55. The van der Waals surface area contributed by atoms with Crippen molar-refractivity contribution in [3.63, 3.8) is 0 Å². The lowest BCUT2D eigenvalue weighted by Gasteiger charge is -2.22. The highest BCUT2D eigenvalue weighted by atomic mass is 32.1. The van der Waals surface area contributed by atoms with E-state index in [9.17, 15) is 24.9 Å². The fraction of sp³-hybridized carbons (Fsp3) is 0.261. The van der Waals surface area contributed by atoms with E-state index >= 15 is 0 Å². The summed E-state index contributed by atoms with van der Waals surface area (Å²) in [5.74, 6) is -1.32. The number of phenolic OH excluding ortho intramolecular Hbond substituents is 1. The predicted molar refractivity (Wildman–Crippen MR) is 118 cm³/mol. The molecule has 0 fully saturated rings. The number of hydrogen-bond donors (Lipinski definition) is 4. The lowest BCUT2D eigenvalue weighted by atomic mass is 10.1. The maximum Gasteiger partial charge on any atom is 0.255 e. The normalized spacial score (nSPS) is 14.6. The van der Waals surface area contributed by atoms with Crippen molar-refractivity contribution in [1.82, 2.24) is 15.2 Å². The number of thiazole rings is 1. The van der Waals surface area contributed by atoms with Crippen LogP contribution in [0, 0.1) is 0 Å². The van der Waals surface area contributed by atoms with Gasteiger partial charge in [0.05, 0.1) is 6.54 Å². The van der Waals surface area contributed by atoms with Crippen LogP contribution in [0.4, 0.5) is 0 Å². The second-order valence-electron chi connectivity index (χ2n) is 7.63. The number of nitrogens with one attached hydrogen (secondary N) is 1. The van der Waals surface area contributed by atoms with Gasteiger partial charge in [-0.2, -0.15) is 0 Å². The molecule has 4 N–H and O–H groups in total. The summed E-state index contributed by atoms with van der Waals surface area (Å²) in [7, 11) is 0. The minimum atomic E-state index is -1.87. The Bertz CT molecular complexity index is 1090. The quantitative estimate of drug-likeness (QED) is 0.428. The van der Waals surface area contributed by atoms with E-state index in [4.69, 9.17) is 0 Å². The van der Waals surface area contributed by atoms with Gasteiger partial charge in [0.25, 0.3) is 11.8 Å². The molecular weight excluding hydrogens is 430 g/mol. The van der Waals surface area contributed by atoms with Crippen molar-refractivity contribution in [3.05, 3.63) is 81.3 Å². The van der Waals surface area contributed by atoms with Crippen molar-refractivity contribution in [3.8, 4) is 5.75 Å². The Kier molecular flexibility index (Phi) is 6.50. The molecule has 8 nitrogen and oxygen atoms in total. The third-order valence-corrected chi connectivity index (χ3v) is 6.30. The van der Waals surface area contributed by atoms with Crippen LogP contribution in [0.3, 0.4) is 0 Å². The molecule has 2 atom stereocenters. The number of aromatic hydroxyl groups is 1. The molecule has 0 radical (unpaired) electrons. The van der Waals surface area contributed by atoms with E-state index < -0.39 is 24.0 Å². The van der Waals surface area contributed by atoms with Crippen LogP contribution in [-0.4, -0.2) is 49.2 Å². The summed E-state index contributed by atoms with van der Waals surface area (Å²) in [4.78, 5) is 31.5. The number of aromatic nitrogens is 1. The molecule has 2 aromatic carbocycles. The van der Waals surface area contributed by atoms with Gasteiger partial charge in [-0.15, -0.1) is 11.3 Å². The number of carbonyl (C=O) groups is 2. The van der Waals surface area contributed by atoms with Gasteiger partial charge in [0.1, 0.15) is 10.8 Å². The zero-order chi connectivity index (χ0) is 22.7. The van der Waals surface area contributed by atoms with Crippen LogP contribution in [0.5, 0.6) is 5.75 Å². The Hall–Kier alpha value is -3.27. The lowest BCUT2D eigenvalue weighted by molar-refractivity contribution is -0.153. The van der Waals surface area contributed by atoms with Crippen molar-refractivity contribution < 1.29 is 24.9 Å². The molecule has 2 heterocycles. The minimum absolute atomic E-state index is 0.0756. The number of amides is 2. The minimum Gasteiger partial charge on any atom is -0.508 e. The number of rotatable bonds is 7. The van der Waals surface area contributed by atoms with Gasteiger partial charge in [0.15, 0.2) is 12.2 Å². The molecule has 1 aliphatic rings. The first-order valence-electron chi connectivity index (χ1n) is 10.1. The molecule has 0 unspecified atom stereocenters. The molecule has 9 heteroatoms. The first-order chi connectivity index (χ1) is 15.4. The lowest BCUT2D eigenvalue weighted by Crippen LogP contribution is -2.49. The monoisotopic (exact) mass is 453 g/mol. The molecule has 0 bridgehead atoms. The molecule has 32 heavy (non-hydrogen) atoms. The van der Waals surface area contributed by atoms with Crippen molar-refractivity contribution in [2.75, 3.05) is 0 Å². The Morgan fingerprint density at radius 2 is 1.69 bits per heavy atom. The van der Waals surface area contributed by atoms with E-state index in [-0.39, 0.29) is 12.3 Å². The summed E-state index contributed by atoms with van der Waals surface area (Å²) in [5.41, 5.74) is 2.99. The van der Waals surface area contributed by atoms with Crippen molar-refractivity contribution in [2.24, 2.45) is 0 Å². The van der Waals surface area contributed by atoms with E-state index in [1.54, 1.807) is 18.3 Å². The van der Waals surface area contributed by atoms with E-state index in [0.29, 0.717) is 24.5 Å². The number of fused-ring (bicyclic) bond motifs is 1. The second kappa shape index (κ2) is 9.47. The fourth-order valence-corrected chi connectivity index (χ4v) is 4.44. The largest absolute Gasteiger partial charge is 0.508 e. The third kappa shape index (κ3) is 4.96. The van der Waals surface area contributed by atoms with Gasteiger partial charge >= 0.3 is 0 Å². The van der Waals surface area contributed by atoms with Crippen molar-refractivity contribution >= 4 is 23.2 Å². The maximum atomic E-state index is 12.5. The summed E-state index contributed by atoms with van der Waals surface area (Å²) >= 11 is 1.41. The summed E-state index contributed by atoms with van der Waals surface area (Å²) in [6.07, 6.45) is -1.37. The van der Waals surface area contributed by atoms with Gasteiger partial charge in [-0.05, 0) is 28.8 Å². The number of hydrogen-bond acceptors (Lipinski definition) is 7. The molecule has 0 aliphatic carbocycles. The van der Waals surface area contributed by atoms with Crippen molar-refractivity contribution in [1.29, 1.82) is 0 Å². The van der Waals surface area contributed by atoms with Gasteiger partial charge in [-0.3, -0.25) is 9.59 Å². The van der Waals surface area contributed by atoms with Gasteiger partial charge in [0, 0.05) is 30.6 Å². The van der Waals surface area contributed by atoms with Gasteiger partial charge in [0.2, 0.25) is 0 Å². The summed E-state index contributed by atoms with van der Waals surface area (Å²) < 4.78 is 0. The molecule has 1 aromatic heterocycles. The number of carbonyl (C=O) groups excluding carboxylic acids is 2. The first kappa shape index (κ1) is 21.9. The Morgan fingerprint density at radius 3 is 2.34 bits per heavy atom. The molecule has 0 saturated carbocycles. The number of aliphatic hydroxyl groups is 2. The topological polar surface area (TPSA) is 123 Å². The van der Waals surface area contributed by atoms with E-state index in [0.717, 1.165) is 21.6 Å². The van der Waals surface area contributed by atoms with E-state index in [1.807, 2.05) is 36.4 Å². The molecular formula is C23H23N3O5S. The zero-order valence-electron chi connectivity index (χ0n) is 17.1. The standard InChI is InChI=1S/C23H23N3O5S/c27-17-7-5-14(6-8-17)9-18-10-24-19(32-18)11-25-22(30)20(28)21(29)23(31)26-12-15-3-1-2-4-16(15)13-26/h1-8,10,20-21,27-29H,9,11-13H2,(H,25,30)/t20-,21-/m1/s1. The molecule has 0 spiro atoms. The van der Waals surface area contributed by atoms with Crippen LogP contribution < -0.4 is 5.32 Å². The molecule has 166 valence electrons. The first-order valence-corrected chi connectivity index (χ1v) is 10.9. The number of aliphatic hydroxyl groups excluding tert-OH is 2. The average Bonchev–Trinajstić information content (AvgIpc) is 3.44. The van der Waals surface area contributed by atoms with Crippen LogP contribution in [0.1, 0.15) is 26.6 Å². The molecule has 2 amide bonds. The predicted octanol–water partition coefficient (Wildman–Crippen LogP) is 1.32. The van der Waals surface area contributed by atoms with E-state index in [1.165, 1.54) is 16.2 Å². The highest BCUT2D eigenvalue weighted by Crippen LogP contribution is 2.23. The summed E-state index contributed by atoms with van der Waals surface area (Å²) in [6, 6.07) is 14.4. The van der Waals surface area contributed by atoms with Gasteiger partial charge in [-0.25, -0.2) is 4.98 Å². The Balaban J connectivity index is 1.28. The van der Waals surface area contributed by atoms with Crippen LogP contribution in [-0.2, 0) is 35.6 Å². The molecule has 0 saturated heterocycles. The summed E-state index contributed by atoms with van der Waals surface area (Å²) in [5, 5.41) is 32.9. The van der Waals surface area contributed by atoms with Crippen LogP contribution in [0.25, 0.3) is 0 Å². The highest BCUT2D eigenvalue weighted by molar-refractivity contribution is 7.11. The Morgan fingerprint density at radius 1 is 1.03 bits per heavy atom. The average molecular weight is 454 g/mol. The second-order valence-corrected chi connectivity index (χ2v) is 8.83. The number of nitrogens with zero attached hydrogens (tertiary/aromatic N) is 2. The highest BCUT2D eigenvalue weighted by Gasteiger charge is 2.35. The third-order valence-electron chi connectivity index (χ3n) is 5.30. The van der Waals surface area contributed by atoms with Crippen LogP contribution in [0.15, 0.2) is 54.7 Å².